The molecule has 0 aliphatic carbocycles. The molecular formula is C17H25N3O3S. The van der Waals surface area contributed by atoms with E-state index in [2.05, 4.69) is 0 Å². The van der Waals surface area contributed by atoms with Gasteiger partial charge in [-0.2, -0.15) is 17.0 Å². The van der Waals surface area contributed by atoms with Crippen LogP contribution in [0.3, 0.4) is 0 Å². The molecule has 0 radical (unpaired) electrons. The van der Waals surface area contributed by atoms with E-state index in [9.17, 15) is 13.2 Å². The average molecular weight is 351 g/mol. The van der Waals surface area contributed by atoms with Crippen LogP contribution in [-0.2, 0) is 21.5 Å². The number of hydrogen-bond acceptors (Lipinski definition) is 3. The molecule has 0 unspecified atom stereocenters. The lowest BCUT2D eigenvalue weighted by Crippen LogP contribution is -2.49. The fraction of sp³-hybridized carbons (Fsp3) is 0.588. The van der Waals surface area contributed by atoms with E-state index in [1.807, 2.05) is 37.4 Å². The fourth-order valence-corrected chi connectivity index (χ4v) is 5.24. The highest BCUT2D eigenvalue weighted by Gasteiger charge is 2.50. The number of carbonyl (C=O) groups excluding carboxylic acids is 1. The van der Waals surface area contributed by atoms with E-state index in [0.717, 1.165) is 24.9 Å². The molecule has 6 nitrogen and oxygen atoms in total. The van der Waals surface area contributed by atoms with Gasteiger partial charge in [0.05, 0.1) is 5.41 Å². The molecule has 0 N–H and O–H groups in total. The molecule has 1 atom stereocenters. The number of piperidine rings is 1. The van der Waals surface area contributed by atoms with Gasteiger partial charge in [0.2, 0.25) is 5.91 Å². The van der Waals surface area contributed by atoms with Gasteiger partial charge in [0.1, 0.15) is 0 Å². The normalized spacial score (nSPS) is 25.8. The van der Waals surface area contributed by atoms with E-state index in [1.165, 1.54) is 8.61 Å². The maximum atomic E-state index is 12.9. The maximum Gasteiger partial charge on any atom is 0.282 e. The molecule has 1 spiro atoms. The summed E-state index contributed by atoms with van der Waals surface area (Å²) >= 11 is 0. The van der Waals surface area contributed by atoms with Crippen molar-refractivity contribution in [3.63, 3.8) is 0 Å². The van der Waals surface area contributed by atoms with E-state index in [1.54, 1.807) is 11.9 Å². The van der Waals surface area contributed by atoms with E-state index < -0.39 is 15.6 Å². The third-order valence-corrected chi connectivity index (χ3v) is 7.12. The summed E-state index contributed by atoms with van der Waals surface area (Å²) in [6.45, 7) is 1.82. The Morgan fingerprint density at radius 1 is 1.17 bits per heavy atom. The number of nitrogens with zero attached hydrogens (tertiary/aromatic N) is 3. The predicted molar refractivity (Wildman–Crippen MR) is 92.3 cm³/mol. The molecule has 2 saturated heterocycles. The number of likely N-dealkylation sites (tertiary alicyclic amines) is 1. The van der Waals surface area contributed by atoms with Crippen LogP contribution < -0.4 is 0 Å². The molecule has 7 heteroatoms. The zero-order chi connectivity index (χ0) is 17.4. The standard InChI is InChI=1S/C17H25N3O3S/c1-18-11-6-9-17(16(18)21)10-12-20(14-17)24(22,23)19(2)13-15-7-4-3-5-8-15/h3-5,7-8H,6,9-14H2,1-2H3/t17-/m1/s1. The van der Waals surface area contributed by atoms with E-state index in [-0.39, 0.29) is 5.91 Å². The van der Waals surface area contributed by atoms with Crippen molar-refractivity contribution in [1.82, 2.24) is 13.5 Å². The summed E-state index contributed by atoms with van der Waals surface area (Å²) < 4.78 is 28.6. The molecule has 0 bridgehead atoms. The number of benzene rings is 1. The van der Waals surface area contributed by atoms with E-state index >= 15 is 0 Å². The van der Waals surface area contributed by atoms with Gasteiger partial charge in [0.15, 0.2) is 0 Å². The van der Waals surface area contributed by atoms with Crippen molar-refractivity contribution < 1.29 is 13.2 Å². The first-order valence-corrected chi connectivity index (χ1v) is 9.76. The quantitative estimate of drug-likeness (QED) is 0.822. The summed E-state index contributed by atoms with van der Waals surface area (Å²) in [5.74, 6) is 0.0946. The second-order valence-corrected chi connectivity index (χ2v) is 8.98. The molecule has 2 aliphatic rings. The minimum Gasteiger partial charge on any atom is -0.345 e. The first kappa shape index (κ1) is 17.4. The van der Waals surface area contributed by atoms with Crippen LogP contribution in [0.5, 0.6) is 0 Å². The van der Waals surface area contributed by atoms with Crippen LogP contribution in [0, 0.1) is 5.41 Å². The number of hydrogen-bond donors (Lipinski definition) is 0. The molecule has 24 heavy (non-hydrogen) atoms. The van der Waals surface area contributed by atoms with Gasteiger partial charge in [0.25, 0.3) is 10.2 Å². The van der Waals surface area contributed by atoms with Gasteiger partial charge < -0.3 is 4.90 Å². The second-order valence-electron chi connectivity index (χ2n) is 6.94. The van der Waals surface area contributed by atoms with Gasteiger partial charge in [-0.1, -0.05) is 30.3 Å². The summed E-state index contributed by atoms with van der Waals surface area (Å²) in [5, 5.41) is 0. The lowest BCUT2D eigenvalue weighted by Gasteiger charge is -2.37. The number of carbonyl (C=O) groups is 1. The minimum absolute atomic E-state index is 0.0946. The smallest absolute Gasteiger partial charge is 0.282 e. The average Bonchev–Trinajstić information content (AvgIpc) is 2.99. The highest BCUT2D eigenvalue weighted by atomic mass is 32.2. The molecule has 1 amide bonds. The molecule has 3 rings (SSSR count). The first-order valence-electron chi connectivity index (χ1n) is 8.36. The summed E-state index contributed by atoms with van der Waals surface area (Å²) in [4.78, 5) is 14.3. The van der Waals surface area contributed by atoms with Gasteiger partial charge in [-0.05, 0) is 24.8 Å². The topological polar surface area (TPSA) is 60.9 Å². The SMILES string of the molecule is CN1CCC[C@]2(CCN(S(=O)(=O)N(C)Cc3ccccc3)C2)C1=O. The van der Waals surface area contributed by atoms with Crippen molar-refractivity contribution in [2.75, 3.05) is 33.7 Å². The molecule has 0 saturated carbocycles. The molecular weight excluding hydrogens is 326 g/mol. The van der Waals surface area contributed by atoms with Crippen LogP contribution in [0.4, 0.5) is 0 Å². The Morgan fingerprint density at radius 3 is 2.58 bits per heavy atom. The summed E-state index contributed by atoms with van der Waals surface area (Å²) in [7, 11) is -0.150. The second kappa shape index (κ2) is 6.46. The lowest BCUT2D eigenvalue weighted by molar-refractivity contribution is -0.143. The predicted octanol–water partition coefficient (Wildman–Crippen LogP) is 1.31. The Balaban J connectivity index is 1.73. The fourth-order valence-electron chi connectivity index (χ4n) is 3.80. The van der Waals surface area contributed by atoms with Gasteiger partial charge >= 0.3 is 0 Å². The summed E-state index contributed by atoms with van der Waals surface area (Å²) in [5.41, 5.74) is 0.430. The molecule has 1 aromatic rings. The Hall–Kier alpha value is -1.44. The minimum atomic E-state index is -3.56. The van der Waals surface area contributed by atoms with Crippen molar-refractivity contribution in [3.05, 3.63) is 35.9 Å². The Bertz CT molecular complexity index is 707. The molecule has 2 heterocycles. The number of amides is 1. The third kappa shape index (κ3) is 3.08. The van der Waals surface area contributed by atoms with Crippen molar-refractivity contribution in [3.8, 4) is 0 Å². The maximum absolute atomic E-state index is 12.9. The molecule has 1 aromatic carbocycles. The monoisotopic (exact) mass is 351 g/mol. The molecule has 132 valence electrons. The van der Waals surface area contributed by atoms with Crippen molar-refractivity contribution in [2.24, 2.45) is 5.41 Å². The zero-order valence-corrected chi connectivity index (χ0v) is 15.1. The van der Waals surface area contributed by atoms with Crippen molar-refractivity contribution >= 4 is 16.1 Å². The van der Waals surface area contributed by atoms with Gasteiger partial charge in [-0.3, -0.25) is 4.79 Å². The van der Waals surface area contributed by atoms with Gasteiger partial charge in [0, 0.05) is 40.3 Å². The van der Waals surface area contributed by atoms with Crippen molar-refractivity contribution in [2.45, 2.75) is 25.8 Å². The highest BCUT2D eigenvalue weighted by Crippen LogP contribution is 2.40. The van der Waals surface area contributed by atoms with Crippen LogP contribution in [0.2, 0.25) is 0 Å². The highest BCUT2D eigenvalue weighted by molar-refractivity contribution is 7.86. The van der Waals surface area contributed by atoms with Crippen molar-refractivity contribution in [1.29, 1.82) is 0 Å². The van der Waals surface area contributed by atoms with Gasteiger partial charge in [-0.25, -0.2) is 0 Å². The zero-order valence-electron chi connectivity index (χ0n) is 14.3. The summed E-state index contributed by atoms with van der Waals surface area (Å²) in [6.07, 6.45) is 2.34. The molecule has 2 fully saturated rings. The Morgan fingerprint density at radius 2 is 1.88 bits per heavy atom. The van der Waals surface area contributed by atoms with Crippen LogP contribution >= 0.6 is 0 Å². The van der Waals surface area contributed by atoms with Crippen LogP contribution in [-0.4, -0.2) is 61.6 Å². The Labute approximate surface area is 144 Å². The van der Waals surface area contributed by atoms with Crippen LogP contribution in [0.1, 0.15) is 24.8 Å². The lowest BCUT2D eigenvalue weighted by atomic mass is 9.78. The largest absolute Gasteiger partial charge is 0.345 e. The molecule has 0 aromatic heterocycles. The summed E-state index contributed by atoms with van der Waals surface area (Å²) in [6, 6.07) is 9.54. The Kier molecular flexibility index (Phi) is 4.68. The van der Waals surface area contributed by atoms with E-state index in [0.29, 0.717) is 26.1 Å². The molecule has 2 aliphatic heterocycles. The van der Waals surface area contributed by atoms with Crippen LogP contribution in [0.25, 0.3) is 0 Å². The van der Waals surface area contributed by atoms with Gasteiger partial charge in [-0.15, -0.1) is 0 Å². The van der Waals surface area contributed by atoms with Crippen LogP contribution in [0.15, 0.2) is 30.3 Å². The number of rotatable bonds is 4. The third-order valence-electron chi connectivity index (χ3n) is 5.24. The van der Waals surface area contributed by atoms with E-state index in [4.69, 9.17) is 0 Å². The first-order chi connectivity index (χ1) is 11.3.